The highest BCUT2D eigenvalue weighted by Crippen LogP contribution is 2.41. The molecule has 0 spiro atoms. The number of benzene rings is 3. The van der Waals surface area contributed by atoms with Crippen molar-refractivity contribution in [3.8, 4) is 44.0 Å². The molecule has 0 aliphatic rings. The van der Waals surface area contributed by atoms with E-state index in [-0.39, 0.29) is 16.9 Å². The highest BCUT2D eigenvalue weighted by molar-refractivity contribution is 7.19. The van der Waals surface area contributed by atoms with Gasteiger partial charge in [-0.2, -0.15) is 5.26 Å². The van der Waals surface area contributed by atoms with Crippen LogP contribution in [0.1, 0.15) is 16.1 Å². The largest absolute Gasteiger partial charge is 0.464 e. The molecule has 0 unspecified atom stereocenters. The zero-order valence-corrected chi connectivity index (χ0v) is 19.6. The number of rotatable bonds is 5. The van der Waals surface area contributed by atoms with Gasteiger partial charge in [0, 0.05) is 23.0 Å². The van der Waals surface area contributed by atoms with Crippen LogP contribution in [0.25, 0.3) is 38.0 Å². The minimum Gasteiger partial charge on any atom is -0.464 e. The molecular formula is C28H20N4O2S. The second kappa shape index (κ2) is 9.29. The van der Waals surface area contributed by atoms with Crippen molar-refractivity contribution in [3.05, 3.63) is 102 Å². The van der Waals surface area contributed by atoms with Crippen LogP contribution in [-0.4, -0.2) is 22.6 Å². The van der Waals surface area contributed by atoms with E-state index >= 15 is 0 Å². The fraction of sp³-hybridized carbons (Fsp3) is 0.0357. The first kappa shape index (κ1) is 22.1. The van der Waals surface area contributed by atoms with Gasteiger partial charge in [-0.25, -0.2) is 9.78 Å². The zero-order chi connectivity index (χ0) is 24.4. The van der Waals surface area contributed by atoms with Gasteiger partial charge in [0.1, 0.15) is 11.1 Å². The van der Waals surface area contributed by atoms with Crippen molar-refractivity contribution in [3.63, 3.8) is 0 Å². The van der Waals surface area contributed by atoms with Gasteiger partial charge in [0.2, 0.25) is 0 Å². The Hall–Kier alpha value is -4.67. The average Bonchev–Trinajstić information content (AvgIpc) is 3.51. The Morgan fingerprint density at radius 3 is 2.29 bits per heavy atom. The van der Waals surface area contributed by atoms with E-state index in [4.69, 9.17) is 15.5 Å². The monoisotopic (exact) mass is 476 g/mol. The van der Waals surface area contributed by atoms with E-state index in [9.17, 15) is 10.1 Å². The lowest BCUT2D eigenvalue weighted by Gasteiger charge is -2.09. The number of hydrogen-bond acceptors (Lipinski definition) is 6. The average molecular weight is 477 g/mol. The molecule has 7 heteroatoms. The van der Waals surface area contributed by atoms with Gasteiger partial charge in [-0.1, -0.05) is 72.8 Å². The first-order valence-corrected chi connectivity index (χ1v) is 11.6. The summed E-state index contributed by atoms with van der Waals surface area (Å²) < 4.78 is 6.50. The Morgan fingerprint density at radius 1 is 0.971 bits per heavy atom. The number of nitrogens with zero attached hydrogens (tertiary/aromatic N) is 3. The lowest BCUT2D eigenvalue weighted by Crippen LogP contribution is -2.11. The van der Waals surface area contributed by atoms with Crippen molar-refractivity contribution < 1.29 is 9.53 Å². The highest BCUT2D eigenvalue weighted by atomic mass is 32.1. The number of aromatic nitrogens is 2. The molecule has 2 aromatic heterocycles. The maximum absolute atomic E-state index is 12.4. The molecule has 0 saturated heterocycles. The summed E-state index contributed by atoms with van der Waals surface area (Å²) in [7, 11) is 1.29. The molecule has 0 atom stereocenters. The number of carbonyl (C=O) groups is 1. The lowest BCUT2D eigenvalue weighted by molar-refractivity contribution is 0.0593. The van der Waals surface area contributed by atoms with Gasteiger partial charge in [-0.05, 0) is 17.7 Å². The van der Waals surface area contributed by atoms with E-state index in [1.54, 1.807) is 22.1 Å². The second-order valence-corrected chi connectivity index (χ2v) is 8.76. The number of methoxy groups -OCH3 is 1. The second-order valence-electron chi connectivity index (χ2n) is 7.76. The van der Waals surface area contributed by atoms with Crippen molar-refractivity contribution in [2.24, 2.45) is 0 Å². The Bertz CT molecular complexity index is 1510. The maximum atomic E-state index is 12.4. The molecule has 170 valence electrons. The van der Waals surface area contributed by atoms with Crippen LogP contribution in [-0.2, 0) is 4.74 Å². The van der Waals surface area contributed by atoms with Crippen LogP contribution in [0, 0.1) is 11.3 Å². The summed E-state index contributed by atoms with van der Waals surface area (Å²) in [6, 6.07) is 29.9. The number of carbonyl (C=O) groups excluding carboxylic acids is 1. The third kappa shape index (κ3) is 4.07. The number of esters is 1. The molecule has 2 N–H and O–H groups in total. The van der Waals surface area contributed by atoms with Crippen molar-refractivity contribution in [2.45, 2.75) is 0 Å². The Labute approximate surface area is 206 Å². The quantitative estimate of drug-likeness (QED) is 0.306. The van der Waals surface area contributed by atoms with Gasteiger partial charge in [-0.15, -0.1) is 11.3 Å². The third-order valence-electron chi connectivity index (χ3n) is 5.63. The van der Waals surface area contributed by atoms with E-state index in [2.05, 4.69) is 24.3 Å². The van der Waals surface area contributed by atoms with Gasteiger partial charge in [0.05, 0.1) is 28.9 Å². The summed E-state index contributed by atoms with van der Waals surface area (Å²) in [5.74, 6) is -0.610. The summed E-state index contributed by atoms with van der Waals surface area (Å²) in [4.78, 5) is 18.5. The zero-order valence-electron chi connectivity index (χ0n) is 18.8. The standard InChI is InChI=1S/C28H20N4O2S/c1-34-28(33)25-23(30)21(16-29)17-32(25)22-14-8-13-20(15-22)27-31-24(18-9-4-2-5-10-18)26(35-27)19-11-6-3-7-12-19/h2-15,17H,30H2,1H3. The first-order valence-electron chi connectivity index (χ1n) is 10.8. The first-order chi connectivity index (χ1) is 17.1. The molecule has 0 aliphatic heterocycles. The fourth-order valence-corrected chi connectivity index (χ4v) is 5.02. The Kier molecular flexibility index (Phi) is 5.88. The number of hydrogen-bond donors (Lipinski definition) is 1. The molecule has 3 aromatic carbocycles. The minimum absolute atomic E-state index is 0.0942. The molecule has 0 bridgehead atoms. The van der Waals surface area contributed by atoms with Crippen LogP contribution in [0.4, 0.5) is 5.69 Å². The number of thiazole rings is 1. The minimum atomic E-state index is -0.610. The molecular weight excluding hydrogens is 456 g/mol. The number of nitrogen functional groups attached to an aromatic ring is 1. The van der Waals surface area contributed by atoms with E-state index in [0.29, 0.717) is 5.69 Å². The molecule has 2 heterocycles. The van der Waals surface area contributed by atoms with Crippen LogP contribution < -0.4 is 5.73 Å². The van der Waals surface area contributed by atoms with Crippen molar-refractivity contribution >= 4 is 23.0 Å². The predicted octanol–water partition coefficient (Wildman–Crippen LogP) is 6.18. The fourth-order valence-electron chi connectivity index (χ4n) is 3.93. The van der Waals surface area contributed by atoms with Gasteiger partial charge >= 0.3 is 5.97 Å². The van der Waals surface area contributed by atoms with Crippen LogP contribution in [0.5, 0.6) is 0 Å². The number of ether oxygens (including phenoxy) is 1. The molecule has 0 saturated carbocycles. The molecule has 5 aromatic rings. The van der Waals surface area contributed by atoms with Gasteiger partial charge in [0.15, 0.2) is 5.69 Å². The number of nitriles is 1. The molecule has 0 fully saturated rings. The summed E-state index contributed by atoms with van der Waals surface area (Å²) in [5, 5.41) is 10.3. The Balaban J connectivity index is 1.66. The van der Waals surface area contributed by atoms with Gasteiger partial charge < -0.3 is 15.0 Å². The van der Waals surface area contributed by atoms with E-state index in [1.807, 2.05) is 66.7 Å². The van der Waals surface area contributed by atoms with Crippen LogP contribution >= 0.6 is 11.3 Å². The van der Waals surface area contributed by atoms with Crippen molar-refractivity contribution in [2.75, 3.05) is 12.8 Å². The summed E-state index contributed by atoms with van der Waals surface area (Å²) >= 11 is 1.60. The Morgan fingerprint density at radius 2 is 1.63 bits per heavy atom. The van der Waals surface area contributed by atoms with Crippen LogP contribution in [0.3, 0.4) is 0 Å². The van der Waals surface area contributed by atoms with E-state index in [0.717, 1.165) is 32.3 Å². The van der Waals surface area contributed by atoms with Gasteiger partial charge in [0.25, 0.3) is 0 Å². The molecule has 0 radical (unpaired) electrons. The van der Waals surface area contributed by atoms with Crippen LogP contribution in [0.15, 0.2) is 91.1 Å². The molecule has 6 nitrogen and oxygen atoms in total. The summed E-state index contributed by atoms with van der Waals surface area (Å²) in [6.45, 7) is 0. The lowest BCUT2D eigenvalue weighted by atomic mass is 10.1. The molecule has 0 aliphatic carbocycles. The topological polar surface area (TPSA) is 93.9 Å². The molecule has 0 amide bonds. The smallest absolute Gasteiger partial charge is 0.357 e. The van der Waals surface area contributed by atoms with E-state index in [1.165, 1.54) is 7.11 Å². The number of anilines is 1. The SMILES string of the molecule is COC(=O)c1c(N)c(C#N)cn1-c1cccc(-c2nc(-c3ccccc3)c(-c3ccccc3)s2)c1. The summed E-state index contributed by atoms with van der Waals surface area (Å²) in [6.07, 6.45) is 1.55. The molecule has 5 rings (SSSR count). The predicted molar refractivity (Wildman–Crippen MR) is 138 cm³/mol. The maximum Gasteiger partial charge on any atom is 0.357 e. The van der Waals surface area contributed by atoms with E-state index < -0.39 is 5.97 Å². The summed E-state index contributed by atoms with van der Waals surface area (Å²) in [5.41, 5.74) is 11.1. The number of nitrogens with two attached hydrogens (primary N) is 1. The van der Waals surface area contributed by atoms with Gasteiger partial charge in [-0.3, -0.25) is 0 Å². The molecule has 35 heavy (non-hydrogen) atoms. The third-order valence-corrected chi connectivity index (χ3v) is 6.78. The van der Waals surface area contributed by atoms with Crippen molar-refractivity contribution in [1.29, 1.82) is 5.26 Å². The highest BCUT2D eigenvalue weighted by Gasteiger charge is 2.22. The van der Waals surface area contributed by atoms with Crippen molar-refractivity contribution in [1.82, 2.24) is 9.55 Å². The van der Waals surface area contributed by atoms with Crippen LogP contribution in [0.2, 0.25) is 0 Å². The normalized spacial score (nSPS) is 10.6.